The van der Waals surface area contributed by atoms with Gasteiger partial charge in [0.1, 0.15) is 11.1 Å². The Labute approximate surface area is 127 Å². The van der Waals surface area contributed by atoms with Crippen molar-refractivity contribution in [3.05, 3.63) is 16.0 Å². The van der Waals surface area contributed by atoms with E-state index in [1.54, 1.807) is 0 Å². The molecule has 3 rings (SSSR count). The maximum atomic E-state index is 12.2. The summed E-state index contributed by atoms with van der Waals surface area (Å²) in [5.41, 5.74) is 7.08. The summed E-state index contributed by atoms with van der Waals surface area (Å²) in [7, 11) is 0. The summed E-state index contributed by atoms with van der Waals surface area (Å²) >= 11 is 1.49. The highest BCUT2D eigenvalue weighted by atomic mass is 32.1. The number of nitrogens with two attached hydrogens (primary N) is 1. The third-order valence-electron chi connectivity index (χ3n) is 4.22. The lowest BCUT2D eigenvalue weighted by molar-refractivity contribution is -0.124. The van der Waals surface area contributed by atoms with Crippen LogP contribution in [-0.4, -0.2) is 24.5 Å². The predicted molar refractivity (Wildman–Crippen MR) is 81.6 cm³/mol. The lowest BCUT2D eigenvalue weighted by atomic mass is 9.88. The Balaban J connectivity index is 1.87. The summed E-state index contributed by atoms with van der Waals surface area (Å²) in [6.07, 6.45) is 4.11. The van der Waals surface area contributed by atoms with Gasteiger partial charge in [0.25, 0.3) is 11.8 Å². The number of nitrogens with one attached hydrogen (secondary N) is 1. The van der Waals surface area contributed by atoms with E-state index in [1.807, 2.05) is 0 Å². The highest BCUT2D eigenvalue weighted by molar-refractivity contribution is 7.17. The largest absolute Gasteiger partial charge is 0.368 e. The second-order valence-corrected chi connectivity index (χ2v) is 7.02. The number of thiophene rings is 1. The quantitative estimate of drug-likeness (QED) is 0.897. The number of primary amides is 1. The number of ether oxygens (including phenoxy) is 1. The third-order valence-corrected chi connectivity index (χ3v) is 5.39. The first-order chi connectivity index (χ1) is 10.1. The lowest BCUT2D eigenvalue weighted by Gasteiger charge is -2.18. The van der Waals surface area contributed by atoms with Gasteiger partial charge in [-0.2, -0.15) is 0 Å². The van der Waals surface area contributed by atoms with Crippen LogP contribution in [0.3, 0.4) is 0 Å². The van der Waals surface area contributed by atoms with E-state index in [0.29, 0.717) is 23.1 Å². The van der Waals surface area contributed by atoms with E-state index in [4.69, 9.17) is 10.5 Å². The topological polar surface area (TPSA) is 81.4 Å². The van der Waals surface area contributed by atoms with Crippen molar-refractivity contribution in [2.45, 2.75) is 45.1 Å². The smallest absolute Gasteiger partial charge is 0.254 e. The van der Waals surface area contributed by atoms with Crippen LogP contribution >= 0.6 is 11.3 Å². The zero-order valence-electron chi connectivity index (χ0n) is 12.1. The van der Waals surface area contributed by atoms with Gasteiger partial charge in [-0.1, -0.05) is 6.92 Å². The molecule has 1 saturated heterocycles. The number of amides is 2. The number of anilines is 1. The van der Waals surface area contributed by atoms with E-state index in [2.05, 4.69) is 12.2 Å². The van der Waals surface area contributed by atoms with Crippen LogP contribution in [0.25, 0.3) is 0 Å². The van der Waals surface area contributed by atoms with E-state index in [1.165, 1.54) is 16.2 Å². The SMILES string of the molecule is CC1CCc2c(sc(NC(=O)C3CCCO3)c2C(N)=O)C1. The van der Waals surface area contributed by atoms with Gasteiger partial charge in [-0.3, -0.25) is 9.59 Å². The molecule has 5 nitrogen and oxygen atoms in total. The number of carbonyl (C=O) groups is 2. The molecular weight excluding hydrogens is 288 g/mol. The molecule has 114 valence electrons. The molecule has 3 N–H and O–H groups in total. The molecule has 0 radical (unpaired) electrons. The zero-order valence-corrected chi connectivity index (χ0v) is 12.9. The molecule has 0 aromatic carbocycles. The van der Waals surface area contributed by atoms with E-state index in [-0.39, 0.29) is 5.91 Å². The van der Waals surface area contributed by atoms with Crippen LogP contribution in [0, 0.1) is 5.92 Å². The van der Waals surface area contributed by atoms with Crippen molar-refractivity contribution < 1.29 is 14.3 Å². The summed E-state index contributed by atoms with van der Waals surface area (Å²) in [6.45, 7) is 2.83. The molecule has 1 fully saturated rings. The Hall–Kier alpha value is -1.40. The number of carbonyl (C=O) groups excluding carboxylic acids is 2. The van der Waals surface area contributed by atoms with Crippen LogP contribution in [0.5, 0.6) is 0 Å². The van der Waals surface area contributed by atoms with Gasteiger partial charge in [0.15, 0.2) is 0 Å². The number of fused-ring (bicyclic) bond motifs is 1. The van der Waals surface area contributed by atoms with E-state index >= 15 is 0 Å². The van der Waals surface area contributed by atoms with Gasteiger partial charge >= 0.3 is 0 Å². The van der Waals surface area contributed by atoms with Crippen LogP contribution in [0.4, 0.5) is 5.00 Å². The minimum Gasteiger partial charge on any atom is -0.368 e. The fraction of sp³-hybridized carbons (Fsp3) is 0.600. The molecule has 2 atom stereocenters. The minimum atomic E-state index is -0.454. The monoisotopic (exact) mass is 308 g/mol. The van der Waals surface area contributed by atoms with Gasteiger partial charge in [-0.15, -0.1) is 11.3 Å². The normalized spacial score (nSPS) is 24.6. The van der Waals surface area contributed by atoms with Gasteiger partial charge in [-0.05, 0) is 43.6 Å². The fourth-order valence-corrected chi connectivity index (χ4v) is 4.50. The molecular formula is C15H20N2O3S. The minimum absolute atomic E-state index is 0.165. The van der Waals surface area contributed by atoms with Gasteiger partial charge in [-0.25, -0.2) is 0 Å². The summed E-state index contributed by atoms with van der Waals surface area (Å²) in [5.74, 6) is -0.00932. The first kappa shape index (κ1) is 14.5. The highest BCUT2D eigenvalue weighted by Crippen LogP contribution is 2.39. The van der Waals surface area contributed by atoms with E-state index in [0.717, 1.165) is 37.7 Å². The molecule has 0 spiro atoms. The molecule has 2 aliphatic rings. The molecule has 1 aliphatic heterocycles. The third kappa shape index (κ3) is 2.82. The van der Waals surface area contributed by atoms with Gasteiger partial charge in [0.2, 0.25) is 0 Å². The molecule has 1 aromatic heterocycles. The van der Waals surface area contributed by atoms with Crippen LogP contribution in [0.2, 0.25) is 0 Å². The maximum Gasteiger partial charge on any atom is 0.254 e. The van der Waals surface area contributed by atoms with Crippen molar-refractivity contribution in [3.8, 4) is 0 Å². The van der Waals surface area contributed by atoms with Crippen molar-refractivity contribution in [3.63, 3.8) is 0 Å². The Morgan fingerprint density at radius 1 is 1.38 bits per heavy atom. The molecule has 0 bridgehead atoms. The maximum absolute atomic E-state index is 12.2. The Morgan fingerprint density at radius 2 is 2.19 bits per heavy atom. The standard InChI is InChI=1S/C15H20N2O3S/c1-8-4-5-9-11(7-8)21-15(12(9)13(16)18)17-14(19)10-3-2-6-20-10/h8,10H,2-7H2,1H3,(H2,16,18)(H,17,19). The molecule has 1 aliphatic carbocycles. The van der Waals surface area contributed by atoms with E-state index < -0.39 is 12.0 Å². The fourth-order valence-electron chi connectivity index (χ4n) is 3.08. The Kier molecular flexibility index (Phi) is 3.99. The number of hydrogen-bond donors (Lipinski definition) is 2. The Morgan fingerprint density at radius 3 is 2.86 bits per heavy atom. The zero-order chi connectivity index (χ0) is 15.0. The summed E-state index contributed by atoms with van der Waals surface area (Å²) in [6, 6.07) is 0. The molecule has 1 aromatic rings. The average Bonchev–Trinajstić information content (AvgIpc) is 3.04. The first-order valence-electron chi connectivity index (χ1n) is 7.43. The second kappa shape index (κ2) is 5.77. The van der Waals surface area contributed by atoms with Crippen molar-refractivity contribution in [2.75, 3.05) is 11.9 Å². The number of rotatable bonds is 3. The summed E-state index contributed by atoms with van der Waals surface area (Å²) < 4.78 is 5.38. The van der Waals surface area contributed by atoms with E-state index in [9.17, 15) is 9.59 Å². The van der Waals surface area contributed by atoms with Crippen molar-refractivity contribution in [1.82, 2.24) is 0 Å². The van der Waals surface area contributed by atoms with Crippen LogP contribution < -0.4 is 11.1 Å². The van der Waals surface area contributed by atoms with Crippen molar-refractivity contribution in [1.29, 1.82) is 0 Å². The van der Waals surface area contributed by atoms with Crippen LogP contribution in [0.1, 0.15) is 47.0 Å². The highest BCUT2D eigenvalue weighted by Gasteiger charge is 2.29. The summed E-state index contributed by atoms with van der Waals surface area (Å²) in [5, 5.41) is 3.46. The van der Waals surface area contributed by atoms with Crippen molar-refractivity contribution in [2.24, 2.45) is 11.7 Å². The Bertz CT molecular complexity index is 576. The van der Waals surface area contributed by atoms with Gasteiger partial charge in [0.05, 0.1) is 5.56 Å². The predicted octanol–water partition coefficient (Wildman–Crippen LogP) is 2.09. The number of hydrogen-bond acceptors (Lipinski definition) is 4. The average molecular weight is 308 g/mol. The lowest BCUT2D eigenvalue weighted by Crippen LogP contribution is -2.27. The summed E-state index contributed by atoms with van der Waals surface area (Å²) in [4.78, 5) is 25.2. The molecule has 2 heterocycles. The second-order valence-electron chi connectivity index (χ2n) is 5.91. The molecule has 2 unspecified atom stereocenters. The van der Waals surface area contributed by atoms with Gasteiger partial charge in [0, 0.05) is 11.5 Å². The molecule has 0 saturated carbocycles. The van der Waals surface area contributed by atoms with Crippen LogP contribution in [0.15, 0.2) is 0 Å². The molecule has 2 amide bonds. The van der Waals surface area contributed by atoms with Gasteiger partial charge < -0.3 is 15.8 Å². The molecule has 6 heteroatoms. The first-order valence-corrected chi connectivity index (χ1v) is 8.24. The van der Waals surface area contributed by atoms with Crippen LogP contribution in [-0.2, 0) is 22.4 Å². The van der Waals surface area contributed by atoms with Crippen molar-refractivity contribution >= 4 is 28.2 Å². The molecule has 21 heavy (non-hydrogen) atoms.